The predicted octanol–water partition coefficient (Wildman–Crippen LogP) is 4.93. The molecule has 2 N–H and O–H groups in total. The zero-order valence-corrected chi connectivity index (χ0v) is 16.1. The average molecular weight is 405 g/mol. The van der Waals surface area contributed by atoms with Crippen molar-refractivity contribution in [3.8, 4) is 5.75 Å². The summed E-state index contributed by atoms with van der Waals surface area (Å²) in [4.78, 5) is 0. The van der Waals surface area contributed by atoms with Crippen molar-refractivity contribution < 1.29 is 9.13 Å². The molecule has 0 bridgehead atoms. The van der Waals surface area contributed by atoms with E-state index in [9.17, 15) is 4.39 Å². The van der Waals surface area contributed by atoms with Gasteiger partial charge in [0, 0.05) is 22.8 Å². The van der Waals surface area contributed by atoms with Crippen LogP contribution in [0.25, 0.3) is 0 Å². The number of halogens is 2. The fraction of sp³-hybridized carbons (Fsp3) is 0.158. The van der Waals surface area contributed by atoms with Crippen LogP contribution in [0.1, 0.15) is 12.5 Å². The van der Waals surface area contributed by atoms with Crippen molar-refractivity contribution in [1.82, 2.24) is 9.78 Å². The van der Waals surface area contributed by atoms with E-state index in [-0.39, 0.29) is 12.4 Å². The SMILES string of the molecule is CCOc1ccccc1NC(=S)Nc1ccn(Cc2c(F)cccc2Cl)n1. The molecule has 0 radical (unpaired) electrons. The highest BCUT2D eigenvalue weighted by Crippen LogP contribution is 2.24. The van der Waals surface area contributed by atoms with Crippen molar-refractivity contribution in [2.75, 3.05) is 17.2 Å². The maximum absolute atomic E-state index is 13.9. The van der Waals surface area contributed by atoms with Crippen LogP contribution in [0.2, 0.25) is 5.02 Å². The Bertz CT molecular complexity index is 927. The van der Waals surface area contributed by atoms with Crippen LogP contribution in [0, 0.1) is 5.82 Å². The van der Waals surface area contributed by atoms with Gasteiger partial charge < -0.3 is 15.4 Å². The third-order valence-corrected chi connectivity index (χ3v) is 4.26. The lowest BCUT2D eigenvalue weighted by Gasteiger charge is -2.13. The van der Waals surface area contributed by atoms with Gasteiger partial charge in [0.2, 0.25) is 0 Å². The molecule has 1 heterocycles. The minimum atomic E-state index is -0.364. The van der Waals surface area contributed by atoms with Crippen LogP contribution in [-0.2, 0) is 6.54 Å². The van der Waals surface area contributed by atoms with Crippen LogP contribution in [0.5, 0.6) is 5.75 Å². The number of benzene rings is 2. The van der Waals surface area contributed by atoms with Crippen molar-refractivity contribution in [3.63, 3.8) is 0 Å². The normalized spacial score (nSPS) is 10.5. The minimum absolute atomic E-state index is 0.223. The van der Waals surface area contributed by atoms with Gasteiger partial charge in [0.05, 0.1) is 18.8 Å². The van der Waals surface area contributed by atoms with Gasteiger partial charge in [0.15, 0.2) is 10.9 Å². The first-order chi connectivity index (χ1) is 13.1. The summed E-state index contributed by atoms with van der Waals surface area (Å²) in [7, 11) is 0. The molecule has 0 aliphatic carbocycles. The van der Waals surface area contributed by atoms with Crippen molar-refractivity contribution >= 4 is 40.4 Å². The first-order valence-corrected chi connectivity index (χ1v) is 9.11. The van der Waals surface area contributed by atoms with Gasteiger partial charge in [-0.25, -0.2) is 4.39 Å². The number of anilines is 2. The highest BCUT2D eigenvalue weighted by atomic mass is 35.5. The summed E-state index contributed by atoms with van der Waals surface area (Å²) in [5, 5.41) is 11.2. The Morgan fingerprint density at radius 1 is 1.19 bits per heavy atom. The van der Waals surface area contributed by atoms with Crippen molar-refractivity contribution in [2.24, 2.45) is 0 Å². The zero-order valence-electron chi connectivity index (χ0n) is 14.6. The van der Waals surface area contributed by atoms with Crippen LogP contribution in [0.15, 0.2) is 54.7 Å². The van der Waals surface area contributed by atoms with Gasteiger partial charge in [-0.3, -0.25) is 4.68 Å². The van der Waals surface area contributed by atoms with Gasteiger partial charge in [-0.15, -0.1) is 0 Å². The molecule has 0 aliphatic rings. The topological polar surface area (TPSA) is 51.1 Å². The number of aromatic nitrogens is 2. The molecule has 0 saturated heterocycles. The summed E-state index contributed by atoms with van der Waals surface area (Å²) < 4.78 is 21.1. The molecule has 1 aromatic heterocycles. The van der Waals surface area contributed by atoms with Crippen LogP contribution in [0.4, 0.5) is 15.9 Å². The van der Waals surface area contributed by atoms with E-state index in [1.807, 2.05) is 31.2 Å². The monoisotopic (exact) mass is 404 g/mol. The first kappa shape index (κ1) is 19.1. The quantitative estimate of drug-likeness (QED) is 0.570. The average Bonchev–Trinajstić information content (AvgIpc) is 3.07. The van der Waals surface area contributed by atoms with E-state index in [2.05, 4.69) is 15.7 Å². The Labute approximate surface area is 167 Å². The predicted molar refractivity (Wildman–Crippen MR) is 110 cm³/mol. The Hall–Kier alpha value is -2.64. The summed E-state index contributed by atoms with van der Waals surface area (Å²) in [6, 6.07) is 13.9. The molecule has 27 heavy (non-hydrogen) atoms. The lowest BCUT2D eigenvalue weighted by atomic mass is 10.2. The van der Waals surface area contributed by atoms with Gasteiger partial charge in [-0.05, 0) is 43.4 Å². The second-order valence-electron chi connectivity index (χ2n) is 5.61. The molecule has 0 spiro atoms. The highest BCUT2D eigenvalue weighted by molar-refractivity contribution is 7.80. The fourth-order valence-electron chi connectivity index (χ4n) is 2.48. The number of nitrogens with one attached hydrogen (secondary N) is 2. The number of thiocarbonyl (C=S) groups is 1. The Morgan fingerprint density at radius 2 is 2.00 bits per heavy atom. The van der Waals surface area contributed by atoms with E-state index in [1.54, 1.807) is 29.1 Å². The maximum Gasteiger partial charge on any atom is 0.176 e. The molecule has 0 saturated carbocycles. The van der Waals surface area contributed by atoms with Crippen molar-refractivity contribution in [1.29, 1.82) is 0 Å². The van der Waals surface area contributed by atoms with Gasteiger partial charge in [0.1, 0.15) is 11.6 Å². The molecule has 2 aromatic carbocycles. The Morgan fingerprint density at radius 3 is 2.78 bits per heavy atom. The summed E-state index contributed by atoms with van der Waals surface area (Å²) in [6.45, 7) is 2.70. The fourth-order valence-corrected chi connectivity index (χ4v) is 2.92. The standard InChI is InChI=1S/C19H18ClFN4OS/c1-2-26-17-9-4-3-8-16(17)22-19(27)23-18-10-11-25(24-18)12-13-14(20)6-5-7-15(13)21/h3-11H,2,12H2,1H3,(H2,22,23,24,27). The van der Waals surface area contributed by atoms with Crippen molar-refractivity contribution in [3.05, 3.63) is 71.1 Å². The maximum atomic E-state index is 13.9. The number of nitrogens with zero attached hydrogens (tertiary/aromatic N) is 2. The largest absolute Gasteiger partial charge is 0.492 e. The van der Waals surface area contributed by atoms with Gasteiger partial charge in [-0.1, -0.05) is 29.8 Å². The van der Waals surface area contributed by atoms with E-state index in [1.165, 1.54) is 6.07 Å². The second kappa shape index (κ2) is 8.83. The summed E-state index contributed by atoms with van der Waals surface area (Å²) in [6.07, 6.45) is 1.72. The third-order valence-electron chi connectivity index (χ3n) is 3.70. The number of hydrogen-bond acceptors (Lipinski definition) is 3. The summed E-state index contributed by atoms with van der Waals surface area (Å²) in [5.74, 6) is 0.884. The van der Waals surface area contributed by atoms with Crippen LogP contribution in [-0.4, -0.2) is 21.5 Å². The van der Waals surface area contributed by atoms with Crippen LogP contribution >= 0.6 is 23.8 Å². The van der Waals surface area contributed by atoms with Crippen LogP contribution in [0.3, 0.4) is 0 Å². The number of rotatable bonds is 6. The summed E-state index contributed by atoms with van der Waals surface area (Å²) >= 11 is 11.4. The molecule has 5 nitrogen and oxygen atoms in total. The van der Waals surface area contributed by atoms with E-state index in [0.717, 1.165) is 5.69 Å². The highest BCUT2D eigenvalue weighted by Gasteiger charge is 2.10. The molecule has 0 amide bonds. The molecule has 0 atom stereocenters. The molecule has 0 unspecified atom stereocenters. The molecule has 140 valence electrons. The zero-order chi connectivity index (χ0) is 19.2. The molecular formula is C19H18ClFN4OS. The lowest BCUT2D eigenvalue weighted by molar-refractivity contribution is 0.342. The minimum Gasteiger partial charge on any atom is -0.492 e. The van der Waals surface area contributed by atoms with E-state index in [0.29, 0.717) is 33.9 Å². The van der Waals surface area contributed by atoms with E-state index >= 15 is 0 Å². The molecule has 3 rings (SSSR count). The van der Waals surface area contributed by atoms with E-state index in [4.69, 9.17) is 28.6 Å². The van der Waals surface area contributed by atoms with Gasteiger partial charge in [0.25, 0.3) is 0 Å². The van der Waals surface area contributed by atoms with Gasteiger partial charge in [-0.2, -0.15) is 5.10 Å². The number of para-hydroxylation sites is 2. The number of hydrogen-bond donors (Lipinski definition) is 2. The molecule has 0 aliphatic heterocycles. The molecular weight excluding hydrogens is 387 g/mol. The Kier molecular flexibility index (Phi) is 6.26. The smallest absolute Gasteiger partial charge is 0.176 e. The summed E-state index contributed by atoms with van der Waals surface area (Å²) in [5.41, 5.74) is 1.15. The van der Waals surface area contributed by atoms with Crippen LogP contribution < -0.4 is 15.4 Å². The third kappa shape index (κ3) is 4.96. The molecule has 0 fully saturated rings. The first-order valence-electron chi connectivity index (χ1n) is 8.33. The second-order valence-corrected chi connectivity index (χ2v) is 6.42. The Balaban J connectivity index is 1.65. The van der Waals surface area contributed by atoms with E-state index < -0.39 is 0 Å². The van der Waals surface area contributed by atoms with Gasteiger partial charge >= 0.3 is 0 Å². The van der Waals surface area contributed by atoms with Crippen molar-refractivity contribution in [2.45, 2.75) is 13.5 Å². The lowest BCUT2D eigenvalue weighted by Crippen LogP contribution is -2.20. The molecule has 8 heteroatoms. The molecule has 3 aromatic rings. The number of ether oxygens (including phenoxy) is 1.